The topological polar surface area (TPSA) is 74.5 Å². The van der Waals surface area contributed by atoms with E-state index < -0.39 is 5.72 Å². The number of amides is 1. The maximum absolute atomic E-state index is 13.1. The Kier molecular flexibility index (Phi) is 4.70. The lowest BCUT2D eigenvalue weighted by molar-refractivity contribution is -0.137. The SMILES string of the molecule is COC(C)=O.CO[C@@]1(C)CCn2c3ccccc3c3c4c(c5c6ccccc6n1c5c32)CNC4=O. The Balaban J connectivity index is 0.000000419. The van der Waals surface area contributed by atoms with Gasteiger partial charge in [0.2, 0.25) is 0 Å². The molecule has 0 saturated heterocycles. The van der Waals surface area contributed by atoms with E-state index in [1.165, 1.54) is 35.8 Å². The number of methoxy groups -OCH3 is 2. The molecule has 4 heterocycles. The van der Waals surface area contributed by atoms with Gasteiger partial charge in [-0.1, -0.05) is 36.4 Å². The molecule has 2 aliphatic heterocycles. The van der Waals surface area contributed by atoms with Gasteiger partial charge in [-0.15, -0.1) is 0 Å². The normalized spacial score (nSPS) is 18.6. The molecule has 5 aromatic rings. The van der Waals surface area contributed by atoms with Crippen molar-refractivity contribution < 1.29 is 19.1 Å². The minimum Gasteiger partial charge on any atom is -0.469 e. The number of hydrogen-bond donors (Lipinski definition) is 1. The summed E-state index contributed by atoms with van der Waals surface area (Å²) in [6.07, 6.45) is 0.844. The fourth-order valence-electron chi connectivity index (χ4n) is 5.88. The largest absolute Gasteiger partial charge is 0.469 e. The molecular formula is C28H27N3O4. The van der Waals surface area contributed by atoms with E-state index >= 15 is 0 Å². The third-order valence-corrected chi connectivity index (χ3v) is 7.58. The molecule has 178 valence electrons. The highest BCUT2D eigenvalue weighted by atomic mass is 16.5. The lowest BCUT2D eigenvalue weighted by Crippen LogP contribution is -2.32. The van der Waals surface area contributed by atoms with E-state index in [0.29, 0.717) is 6.54 Å². The number of hydrogen-bond acceptors (Lipinski definition) is 4. The third-order valence-electron chi connectivity index (χ3n) is 7.58. The zero-order valence-corrected chi connectivity index (χ0v) is 20.3. The molecular weight excluding hydrogens is 442 g/mol. The van der Waals surface area contributed by atoms with Crippen LogP contribution in [0.25, 0.3) is 43.6 Å². The zero-order valence-electron chi connectivity index (χ0n) is 20.3. The molecule has 0 spiro atoms. The van der Waals surface area contributed by atoms with Gasteiger partial charge in [-0.25, -0.2) is 0 Å². The number of para-hydroxylation sites is 2. The van der Waals surface area contributed by atoms with E-state index in [0.717, 1.165) is 45.9 Å². The standard InChI is InChI=1S/C25H21N3O2.C3H6O2/c1-25(30-2)11-12-27-17-9-5-3-7-14(17)20-21-16(13-26-24(21)29)19-15-8-4-6-10-18(15)28(25)23(19)22(20)27;1-3(4)5-2/h3-10H,11-13H2,1-2H3,(H,26,29);1-2H3/t25-;/m0./s1. The fraction of sp³-hybridized carbons (Fsp3) is 0.286. The number of fused-ring (bicyclic) bond motifs is 9. The van der Waals surface area contributed by atoms with Crippen LogP contribution in [0, 0.1) is 0 Å². The van der Waals surface area contributed by atoms with Crippen molar-refractivity contribution in [3.63, 3.8) is 0 Å². The number of rotatable bonds is 1. The zero-order chi connectivity index (χ0) is 24.5. The summed E-state index contributed by atoms with van der Waals surface area (Å²) in [5, 5.41) is 7.69. The number of esters is 1. The van der Waals surface area contributed by atoms with Crippen LogP contribution in [-0.4, -0.2) is 35.2 Å². The van der Waals surface area contributed by atoms with Crippen LogP contribution in [0.3, 0.4) is 0 Å². The Morgan fingerprint density at radius 2 is 1.60 bits per heavy atom. The monoisotopic (exact) mass is 469 g/mol. The number of nitrogens with one attached hydrogen (secondary N) is 1. The Labute approximate surface area is 202 Å². The second-order valence-corrected chi connectivity index (χ2v) is 9.33. The molecule has 7 rings (SSSR count). The Hall–Kier alpha value is -3.84. The highest BCUT2D eigenvalue weighted by Gasteiger charge is 2.38. The molecule has 35 heavy (non-hydrogen) atoms. The van der Waals surface area contributed by atoms with Crippen LogP contribution in [-0.2, 0) is 33.1 Å². The van der Waals surface area contributed by atoms with Crippen molar-refractivity contribution in [3.8, 4) is 0 Å². The number of carbonyl (C=O) groups excluding carboxylic acids is 2. The first-order valence-electron chi connectivity index (χ1n) is 11.8. The van der Waals surface area contributed by atoms with Gasteiger partial charge < -0.3 is 23.9 Å². The number of benzene rings is 3. The van der Waals surface area contributed by atoms with Gasteiger partial charge in [0.25, 0.3) is 5.91 Å². The second kappa shape index (κ2) is 7.58. The van der Waals surface area contributed by atoms with Crippen molar-refractivity contribution in [3.05, 3.63) is 59.7 Å². The number of carbonyl (C=O) groups is 2. The van der Waals surface area contributed by atoms with Gasteiger partial charge >= 0.3 is 5.97 Å². The number of nitrogens with zero attached hydrogens (tertiary/aromatic N) is 2. The van der Waals surface area contributed by atoms with Crippen LogP contribution in [0.15, 0.2) is 48.5 Å². The molecule has 7 nitrogen and oxygen atoms in total. The van der Waals surface area contributed by atoms with Crippen molar-refractivity contribution in [2.75, 3.05) is 14.2 Å². The lowest BCUT2D eigenvalue weighted by atomic mass is 9.97. The van der Waals surface area contributed by atoms with Gasteiger partial charge in [0.1, 0.15) is 5.72 Å². The number of aryl methyl sites for hydroxylation is 1. The van der Waals surface area contributed by atoms with E-state index in [1.807, 2.05) is 0 Å². The van der Waals surface area contributed by atoms with Crippen LogP contribution < -0.4 is 5.32 Å². The first-order chi connectivity index (χ1) is 16.9. The smallest absolute Gasteiger partial charge is 0.302 e. The van der Waals surface area contributed by atoms with E-state index in [-0.39, 0.29) is 11.9 Å². The van der Waals surface area contributed by atoms with E-state index in [2.05, 4.69) is 74.6 Å². The summed E-state index contributed by atoms with van der Waals surface area (Å²) >= 11 is 0. The van der Waals surface area contributed by atoms with E-state index in [9.17, 15) is 9.59 Å². The molecule has 0 saturated carbocycles. The van der Waals surface area contributed by atoms with E-state index in [4.69, 9.17) is 4.74 Å². The summed E-state index contributed by atoms with van der Waals surface area (Å²) < 4.78 is 15.1. The average molecular weight is 470 g/mol. The molecule has 0 fully saturated rings. The third kappa shape index (κ3) is 2.82. The molecule has 1 amide bonds. The Morgan fingerprint density at radius 3 is 2.26 bits per heavy atom. The molecule has 3 aromatic carbocycles. The van der Waals surface area contributed by atoms with Gasteiger partial charge in [-0.2, -0.15) is 0 Å². The predicted molar refractivity (Wildman–Crippen MR) is 137 cm³/mol. The number of ether oxygens (including phenoxy) is 2. The molecule has 0 aliphatic carbocycles. The minimum atomic E-state index is -0.474. The summed E-state index contributed by atoms with van der Waals surface area (Å²) in [6.45, 7) is 4.94. The summed E-state index contributed by atoms with van der Waals surface area (Å²) in [4.78, 5) is 22.6. The molecule has 7 heteroatoms. The van der Waals surface area contributed by atoms with Gasteiger partial charge in [0.05, 0.1) is 29.2 Å². The summed E-state index contributed by atoms with van der Waals surface area (Å²) in [5.41, 5.74) is 6.15. The summed E-state index contributed by atoms with van der Waals surface area (Å²) in [5.74, 6) is -0.213. The van der Waals surface area contributed by atoms with Crippen LogP contribution in [0.5, 0.6) is 0 Å². The predicted octanol–water partition coefficient (Wildman–Crippen LogP) is 5.05. The van der Waals surface area contributed by atoms with Gasteiger partial charge in [0.15, 0.2) is 0 Å². The first-order valence-corrected chi connectivity index (χ1v) is 11.8. The average Bonchev–Trinajstić information content (AvgIpc) is 3.50. The van der Waals surface area contributed by atoms with E-state index in [1.54, 1.807) is 7.11 Å². The van der Waals surface area contributed by atoms with Crippen molar-refractivity contribution in [2.24, 2.45) is 0 Å². The highest BCUT2D eigenvalue weighted by molar-refractivity contribution is 6.30. The molecule has 0 radical (unpaired) electrons. The lowest BCUT2D eigenvalue weighted by Gasteiger charge is -2.30. The van der Waals surface area contributed by atoms with Crippen molar-refractivity contribution in [1.29, 1.82) is 0 Å². The summed E-state index contributed by atoms with van der Waals surface area (Å²) in [6, 6.07) is 17.0. The fourth-order valence-corrected chi connectivity index (χ4v) is 5.88. The van der Waals surface area contributed by atoms with Crippen molar-refractivity contribution in [1.82, 2.24) is 14.5 Å². The number of aromatic nitrogens is 2. The van der Waals surface area contributed by atoms with Crippen LogP contribution >= 0.6 is 0 Å². The molecule has 0 unspecified atom stereocenters. The van der Waals surface area contributed by atoms with Gasteiger partial charge in [-0.3, -0.25) is 9.59 Å². The highest BCUT2D eigenvalue weighted by Crippen LogP contribution is 2.48. The molecule has 1 atom stereocenters. The molecule has 2 aromatic heterocycles. The Bertz CT molecular complexity index is 1690. The van der Waals surface area contributed by atoms with Crippen molar-refractivity contribution in [2.45, 2.75) is 39.1 Å². The van der Waals surface area contributed by atoms with Gasteiger partial charge in [0, 0.05) is 60.6 Å². The molecule has 1 N–H and O–H groups in total. The second-order valence-electron chi connectivity index (χ2n) is 9.33. The first kappa shape index (κ1) is 21.7. The van der Waals surface area contributed by atoms with Gasteiger partial charge in [-0.05, 0) is 24.6 Å². The maximum Gasteiger partial charge on any atom is 0.302 e. The maximum atomic E-state index is 13.1. The van der Waals surface area contributed by atoms with Crippen LogP contribution in [0.1, 0.15) is 36.2 Å². The molecule has 2 aliphatic rings. The van der Waals surface area contributed by atoms with Crippen LogP contribution in [0.2, 0.25) is 0 Å². The quantitative estimate of drug-likeness (QED) is 0.349. The Morgan fingerprint density at radius 1 is 0.971 bits per heavy atom. The van der Waals surface area contributed by atoms with Crippen LogP contribution in [0.4, 0.5) is 0 Å². The summed E-state index contributed by atoms with van der Waals surface area (Å²) in [7, 11) is 3.15. The molecule has 0 bridgehead atoms. The minimum absolute atomic E-state index is 0.0328. The van der Waals surface area contributed by atoms with Crippen molar-refractivity contribution >= 4 is 55.5 Å².